The van der Waals surface area contributed by atoms with Gasteiger partial charge in [0.15, 0.2) is 0 Å². The lowest BCUT2D eigenvalue weighted by molar-refractivity contribution is -0.130. The van der Waals surface area contributed by atoms with E-state index in [4.69, 9.17) is 14.6 Å². The van der Waals surface area contributed by atoms with Crippen LogP contribution in [0.25, 0.3) is 0 Å². The summed E-state index contributed by atoms with van der Waals surface area (Å²) in [5.74, 6) is 0. The van der Waals surface area contributed by atoms with Crippen molar-refractivity contribution in [1.29, 1.82) is 0 Å². The molecule has 1 aliphatic rings. The molecular weight excluding hydrogens is 230 g/mol. The molecule has 17 heavy (non-hydrogen) atoms. The Hall–Kier alpha value is -0.280. The number of likely N-dealkylation sites (N-methyl/N-ethyl adjacent to an activating group) is 1. The third kappa shape index (κ3) is 4.84. The molecule has 0 saturated carbocycles. The minimum absolute atomic E-state index is 0.0569. The molecular formula is C10H21NO6. The monoisotopic (exact) mass is 251 g/mol. The molecule has 0 amide bonds. The molecule has 0 spiro atoms. The first-order valence-corrected chi connectivity index (χ1v) is 5.63. The summed E-state index contributed by atoms with van der Waals surface area (Å²) in [6.45, 7) is 0.689. The van der Waals surface area contributed by atoms with Gasteiger partial charge in [-0.2, -0.15) is 0 Å². The largest absolute Gasteiger partial charge is 0.394 e. The first-order valence-electron chi connectivity index (χ1n) is 5.63. The standard InChI is InChI=1S/C10H21NO6/c1-11-2-8(17-5-6-4-16-6)10(15)9(14)7(13)3-12/h6-15H,2-5H2,1H3/t6?,7-,8+,9-,10-/m1/s1. The summed E-state index contributed by atoms with van der Waals surface area (Å²) < 4.78 is 10.4. The molecule has 0 aromatic heterocycles. The van der Waals surface area contributed by atoms with Crippen LogP contribution in [-0.4, -0.2) is 84.4 Å². The van der Waals surface area contributed by atoms with Gasteiger partial charge < -0.3 is 35.2 Å². The van der Waals surface area contributed by atoms with Crippen LogP contribution < -0.4 is 5.32 Å². The van der Waals surface area contributed by atoms with Crippen molar-refractivity contribution in [2.75, 3.05) is 33.4 Å². The molecule has 1 unspecified atom stereocenters. The van der Waals surface area contributed by atoms with Gasteiger partial charge in [0.2, 0.25) is 0 Å². The van der Waals surface area contributed by atoms with Gasteiger partial charge in [-0.3, -0.25) is 0 Å². The Morgan fingerprint density at radius 1 is 1.35 bits per heavy atom. The van der Waals surface area contributed by atoms with Crippen molar-refractivity contribution in [3.63, 3.8) is 0 Å². The molecule has 7 heteroatoms. The molecule has 0 aliphatic carbocycles. The SMILES string of the molecule is CNC[C@H](OCC1CO1)[C@@H](O)[C@H](O)[C@H](O)CO. The van der Waals surface area contributed by atoms with Gasteiger partial charge in [0.25, 0.3) is 0 Å². The normalized spacial score (nSPS) is 26.3. The minimum Gasteiger partial charge on any atom is -0.394 e. The maximum absolute atomic E-state index is 9.82. The van der Waals surface area contributed by atoms with E-state index >= 15 is 0 Å². The average Bonchev–Trinajstić information content (AvgIpc) is 3.15. The molecule has 1 saturated heterocycles. The Labute approximate surface area is 100.0 Å². The minimum atomic E-state index is -1.45. The Morgan fingerprint density at radius 3 is 2.47 bits per heavy atom. The van der Waals surface area contributed by atoms with Crippen LogP contribution in [0.3, 0.4) is 0 Å². The van der Waals surface area contributed by atoms with Crippen molar-refractivity contribution in [3.8, 4) is 0 Å². The van der Waals surface area contributed by atoms with Crippen molar-refractivity contribution in [3.05, 3.63) is 0 Å². The summed E-state index contributed by atoms with van der Waals surface area (Å²) in [7, 11) is 1.69. The molecule has 0 aromatic rings. The van der Waals surface area contributed by atoms with E-state index in [1.807, 2.05) is 0 Å². The second-order valence-electron chi connectivity index (χ2n) is 4.12. The topological polar surface area (TPSA) is 115 Å². The van der Waals surface area contributed by atoms with Crippen LogP contribution in [0.4, 0.5) is 0 Å². The molecule has 1 heterocycles. The van der Waals surface area contributed by atoms with Crippen molar-refractivity contribution in [1.82, 2.24) is 5.32 Å². The molecule has 0 radical (unpaired) electrons. The number of aliphatic hydroxyl groups excluding tert-OH is 4. The highest BCUT2D eigenvalue weighted by Gasteiger charge is 2.33. The molecule has 7 nitrogen and oxygen atoms in total. The molecule has 5 N–H and O–H groups in total. The summed E-state index contributed by atoms with van der Waals surface area (Å²) in [6, 6.07) is 0. The Morgan fingerprint density at radius 2 is 2.00 bits per heavy atom. The average molecular weight is 251 g/mol. The van der Waals surface area contributed by atoms with E-state index in [-0.39, 0.29) is 6.10 Å². The van der Waals surface area contributed by atoms with Crippen molar-refractivity contribution in [2.45, 2.75) is 30.5 Å². The fourth-order valence-corrected chi connectivity index (χ4v) is 1.43. The van der Waals surface area contributed by atoms with Gasteiger partial charge in [-0.25, -0.2) is 0 Å². The van der Waals surface area contributed by atoms with E-state index in [0.29, 0.717) is 19.8 Å². The maximum atomic E-state index is 9.82. The van der Waals surface area contributed by atoms with E-state index in [2.05, 4.69) is 5.32 Å². The molecule has 0 aromatic carbocycles. The van der Waals surface area contributed by atoms with Crippen molar-refractivity contribution in [2.24, 2.45) is 0 Å². The van der Waals surface area contributed by atoms with Gasteiger partial charge in [-0.15, -0.1) is 0 Å². The van der Waals surface area contributed by atoms with E-state index in [1.165, 1.54) is 0 Å². The summed E-state index contributed by atoms with van der Waals surface area (Å²) in [5.41, 5.74) is 0. The summed E-state index contributed by atoms with van der Waals surface area (Å²) in [6.07, 6.45) is -4.71. The zero-order chi connectivity index (χ0) is 12.8. The van der Waals surface area contributed by atoms with Crippen LogP contribution in [0.5, 0.6) is 0 Å². The molecule has 102 valence electrons. The Balaban J connectivity index is 2.41. The predicted octanol–water partition coefficient (Wildman–Crippen LogP) is -2.94. The van der Waals surface area contributed by atoms with E-state index in [1.54, 1.807) is 7.05 Å². The predicted molar refractivity (Wildman–Crippen MR) is 58.5 cm³/mol. The number of aliphatic hydroxyl groups is 4. The Bertz CT molecular complexity index is 213. The van der Waals surface area contributed by atoms with Gasteiger partial charge in [0, 0.05) is 6.54 Å². The lowest BCUT2D eigenvalue weighted by atomic mass is 10.0. The van der Waals surface area contributed by atoms with E-state index in [0.717, 1.165) is 0 Å². The second kappa shape index (κ2) is 7.22. The number of rotatable bonds is 9. The maximum Gasteiger partial charge on any atom is 0.111 e. The number of nitrogens with one attached hydrogen (secondary N) is 1. The van der Waals surface area contributed by atoms with Crippen molar-refractivity contribution < 1.29 is 29.9 Å². The zero-order valence-corrected chi connectivity index (χ0v) is 9.82. The zero-order valence-electron chi connectivity index (χ0n) is 9.82. The van der Waals surface area contributed by atoms with Gasteiger partial charge >= 0.3 is 0 Å². The number of hydrogen-bond acceptors (Lipinski definition) is 7. The number of ether oxygens (including phenoxy) is 2. The van der Waals surface area contributed by atoms with Crippen LogP contribution in [0.1, 0.15) is 0 Å². The fourth-order valence-electron chi connectivity index (χ4n) is 1.43. The molecule has 1 rings (SSSR count). The molecule has 5 atom stereocenters. The molecule has 0 bridgehead atoms. The quantitative estimate of drug-likeness (QED) is 0.279. The fraction of sp³-hybridized carbons (Fsp3) is 1.00. The summed E-state index contributed by atoms with van der Waals surface area (Å²) >= 11 is 0. The summed E-state index contributed by atoms with van der Waals surface area (Å²) in [5, 5.41) is 40.1. The Kier molecular flexibility index (Phi) is 6.28. The van der Waals surface area contributed by atoms with E-state index < -0.39 is 31.0 Å². The van der Waals surface area contributed by atoms with Crippen LogP contribution in [0.15, 0.2) is 0 Å². The van der Waals surface area contributed by atoms with E-state index in [9.17, 15) is 15.3 Å². The van der Waals surface area contributed by atoms with Crippen LogP contribution in [0.2, 0.25) is 0 Å². The second-order valence-corrected chi connectivity index (χ2v) is 4.12. The van der Waals surface area contributed by atoms with Gasteiger partial charge in [-0.1, -0.05) is 0 Å². The van der Waals surface area contributed by atoms with Gasteiger partial charge in [-0.05, 0) is 7.05 Å². The highest BCUT2D eigenvalue weighted by molar-refractivity contribution is 4.83. The third-order valence-corrected chi connectivity index (χ3v) is 2.62. The lowest BCUT2D eigenvalue weighted by Crippen LogP contribution is -2.50. The molecule has 1 fully saturated rings. The van der Waals surface area contributed by atoms with Crippen LogP contribution >= 0.6 is 0 Å². The van der Waals surface area contributed by atoms with Gasteiger partial charge in [0.1, 0.15) is 24.4 Å². The first-order chi connectivity index (χ1) is 8.10. The van der Waals surface area contributed by atoms with Crippen molar-refractivity contribution >= 4 is 0 Å². The highest BCUT2D eigenvalue weighted by Crippen LogP contribution is 2.13. The number of epoxide rings is 1. The lowest BCUT2D eigenvalue weighted by Gasteiger charge is -2.28. The molecule has 1 aliphatic heterocycles. The van der Waals surface area contributed by atoms with Gasteiger partial charge in [0.05, 0.1) is 25.9 Å². The first kappa shape index (κ1) is 14.8. The number of hydrogen-bond donors (Lipinski definition) is 5. The summed E-state index contributed by atoms with van der Waals surface area (Å²) in [4.78, 5) is 0. The smallest absolute Gasteiger partial charge is 0.111 e. The van der Waals surface area contributed by atoms with Crippen LogP contribution in [-0.2, 0) is 9.47 Å². The highest BCUT2D eigenvalue weighted by atomic mass is 16.6. The third-order valence-electron chi connectivity index (χ3n) is 2.62. The van der Waals surface area contributed by atoms with Crippen LogP contribution in [0, 0.1) is 0 Å².